The number of amides is 1. The standard InChI is InChI=1S/C20H29N5O/c1-14-6-5-7-16(12-14)20(3,4)13-22-19(26)18-15(2)25(24-23-18)17-8-10-21-11-9-17/h5-7,12,17,21H,8-11,13H2,1-4H3,(H,22,26). The molecule has 1 saturated heterocycles. The third kappa shape index (κ3) is 3.96. The largest absolute Gasteiger partial charge is 0.350 e. The third-order valence-electron chi connectivity index (χ3n) is 5.29. The van der Waals surface area contributed by atoms with Gasteiger partial charge in [-0.05, 0) is 45.3 Å². The number of nitrogens with one attached hydrogen (secondary N) is 2. The molecule has 1 aliphatic heterocycles. The molecule has 26 heavy (non-hydrogen) atoms. The van der Waals surface area contributed by atoms with Crippen LogP contribution in [0.25, 0.3) is 0 Å². The Morgan fingerprint density at radius 3 is 2.73 bits per heavy atom. The second kappa shape index (κ2) is 7.58. The van der Waals surface area contributed by atoms with Crippen molar-refractivity contribution in [1.82, 2.24) is 25.6 Å². The van der Waals surface area contributed by atoms with Crippen molar-refractivity contribution >= 4 is 5.91 Å². The molecule has 6 nitrogen and oxygen atoms in total. The highest BCUT2D eigenvalue weighted by Gasteiger charge is 2.25. The molecule has 1 aromatic carbocycles. The monoisotopic (exact) mass is 355 g/mol. The maximum Gasteiger partial charge on any atom is 0.273 e. The van der Waals surface area contributed by atoms with E-state index in [1.165, 1.54) is 11.1 Å². The van der Waals surface area contributed by atoms with Gasteiger partial charge in [0.1, 0.15) is 0 Å². The molecule has 0 saturated carbocycles. The third-order valence-corrected chi connectivity index (χ3v) is 5.29. The van der Waals surface area contributed by atoms with E-state index in [0.29, 0.717) is 18.3 Å². The Morgan fingerprint density at radius 2 is 2.04 bits per heavy atom. The zero-order valence-corrected chi connectivity index (χ0v) is 16.2. The van der Waals surface area contributed by atoms with E-state index in [1.54, 1.807) is 0 Å². The zero-order chi connectivity index (χ0) is 18.7. The van der Waals surface area contributed by atoms with E-state index in [-0.39, 0.29) is 11.3 Å². The molecule has 1 amide bonds. The SMILES string of the molecule is Cc1cccc(C(C)(C)CNC(=O)c2nnn(C3CCNCC3)c2C)c1. The predicted octanol–water partition coefficient (Wildman–Crippen LogP) is 2.53. The first-order chi connectivity index (χ1) is 12.4. The van der Waals surface area contributed by atoms with Gasteiger partial charge in [0.15, 0.2) is 5.69 Å². The lowest BCUT2D eigenvalue weighted by Crippen LogP contribution is -2.37. The van der Waals surface area contributed by atoms with Crippen LogP contribution in [0.5, 0.6) is 0 Å². The van der Waals surface area contributed by atoms with Crippen LogP contribution in [0.3, 0.4) is 0 Å². The van der Waals surface area contributed by atoms with Gasteiger partial charge in [-0.2, -0.15) is 0 Å². The number of carbonyl (C=O) groups is 1. The Morgan fingerprint density at radius 1 is 1.31 bits per heavy atom. The summed E-state index contributed by atoms with van der Waals surface area (Å²) in [5.74, 6) is -0.150. The van der Waals surface area contributed by atoms with E-state index in [2.05, 4.69) is 66.0 Å². The van der Waals surface area contributed by atoms with E-state index < -0.39 is 0 Å². The summed E-state index contributed by atoms with van der Waals surface area (Å²) in [6.07, 6.45) is 2.04. The summed E-state index contributed by atoms with van der Waals surface area (Å²) < 4.78 is 1.92. The molecule has 0 unspecified atom stereocenters. The molecule has 0 aliphatic carbocycles. The van der Waals surface area contributed by atoms with Gasteiger partial charge in [-0.3, -0.25) is 4.79 Å². The lowest BCUT2D eigenvalue weighted by molar-refractivity contribution is 0.0940. The Labute approximate surface area is 155 Å². The van der Waals surface area contributed by atoms with Gasteiger partial charge in [-0.25, -0.2) is 4.68 Å². The van der Waals surface area contributed by atoms with Crippen LogP contribution in [-0.2, 0) is 5.41 Å². The molecule has 2 N–H and O–H groups in total. The predicted molar refractivity (Wildman–Crippen MR) is 102 cm³/mol. The minimum Gasteiger partial charge on any atom is -0.350 e. The molecule has 0 atom stereocenters. The average Bonchev–Trinajstić information content (AvgIpc) is 3.02. The van der Waals surface area contributed by atoms with Crippen LogP contribution in [0.4, 0.5) is 0 Å². The van der Waals surface area contributed by atoms with Gasteiger partial charge >= 0.3 is 0 Å². The van der Waals surface area contributed by atoms with E-state index in [1.807, 2.05) is 11.6 Å². The van der Waals surface area contributed by atoms with Gasteiger partial charge in [0.05, 0.1) is 11.7 Å². The van der Waals surface area contributed by atoms with E-state index >= 15 is 0 Å². The van der Waals surface area contributed by atoms with Gasteiger partial charge in [0.2, 0.25) is 0 Å². The first-order valence-electron chi connectivity index (χ1n) is 9.36. The van der Waals surface area contributed by atoms with Gasteiger partial charge in [0, 0.05) is 12.0 Å². The fourth-order valence-electron chi connectivity index (χ4n) is 3.50. The molecule has 0 spiro atoms. The number of rotatable bonds is 5. The van der Waals surface area contributed by atoms with Crippen molar-refractivity contribution in [2.24, 2.45) is 0 Å². The number of nitrogens with zero attached hydrogens (tertiary/aromatic N) is 3. The molecule has 1 fully saturated rings. The average molecular weight is 355 g/mol. The van der Waals surface area contributed by atoms with Crippen molar-refractivity contribution in [2.45, 2.75) is 52.0 Å². The summed E-state index contributed by atoms with van der Waals surface area (Å²) in [7, 11) is 0. The lowest BCUT2D eigenvalue weighted by Gasteiger charge is -2.26. The topological polar surface area (TPSA) is 71.8 Å². The minimum absolute atomic E-state index is 0.150. The molecule has 2 aromatic rings. The highest BCUT2D eigenvalue weighted by molar-refractivity contribution is 5.93. The van der Waals surface area contributed by atoms with E-state index in [9.17, 15) is 4.79 Å². The van der Waals surface area contributed by atoms with E-state index in [0.717, 1.165) is 31.6 Å². The van der Waals surface area contributed by atoms with Crippen molar-refractivity contribution in [3.63, 3.8) is 0 Å². The summed E-state index contributed by atoms with van der Waals surface area (Å²) in [5.41, 5.74) is 3.57. The fraction of sp³-hybridized carbons (Fsp3) is 0.550. The lowest BCUT2D eigenvalue weighted by atomic mass is 9.84. The first kappa shape index (κ1) is 18.6. The molecule has 0 radical (unpaired) electrons. The van der Waals surface area contributed by atoms with Gasteiger partial charge in [0.25, 0.3) is 5.91 Å². The van der Waals surface area contributed by atoms with Crippen molar-refractivity contribution in [1.29, 1.82) is 0 Å². The van der Waals surface area contributed by atoms with Crippen LogP contribution in [0, 0.1) is 13.8 Å². The van der Waals surface area contributed by atoms with Crippen LogP contribution in [0.2, 0.25) is 0 Å². The van der Waals surface area contributed by atoms with E-state index in [4.69, 9.17) is 0 Å². The maximum atomic E-state index is 12.7. The van der Waals surface area contributed by atoms with Crippen molar-refractivity contribution in [3.05, 3.63) is 46.8 Å². The van der Waals surface area contributed by atoms with Crippen molar-refractivity contribution in [3.8, 4) is 0 Å². The smallest absolute Gasteiger partial charge is 0.273 e. The van der Waals surface area contributed by atoms with Crippen LogP contribution in [0.1, 0.15) is 60.0 Å². The number of aryl methyl sites for hydroxylation is 1. The number of hydrogen-bond acceptors (Lipinski definition) is 4. The number of aromatic nitrogens is 3. The highest BCUT2D eigenvalue weighted by atomic mass is 16.2. The number of hydrogen-bond donors (Lipinski definition) is 2. The van der Waals surface area contributed by atoms with Gasteiger partial charge < -0.3 is 10.6 Å². The molecule has 2 heterocycles. The first-order valence-corrected chi connectivity index (χ1v) is 9.36. The summed E-state index contributed by atoms with van der Waals surface area (Å²) in [4.78, 5) is 12.7. The number of benzene rings is 1. The summed E-state index contributed by atoms with van der Waals surface area (Å²) in [6.45, 7) is 10.8. The minimum atomic E-state index is -0.152. The highest BCUT2D eigenvalue weighted by Crippen LogP contribution is 2.24. The Bertz CT molecular complexity index is 774. The molecule has 1 aliphatic rings. The van der Waals surface area contributed by atoms with Crippen LogP contribution < -0.4 is 10.6 Å². The number of carbonyl (C=O) groups excluding carboxylic acids is 1. The summed E-state index contributed by atoms with van der Waals surface area (Å²) >= 11 is 0. The van der Waals surface area contributed by atoms with Crippen LogP contribution >= 0.6 is 0 Å². The summed E-state index contributed by atoms with van der Waals surface area (Å²) in [6, 6.07) is 8.75. The molecular weight excluding hydrogens is 326 g/mol. The molecule has 140 valence electrons. The molecule has 0 bridgehead atoms. The Hall–Kier alpha value is -2.21. The second-order valence-corrected chi connectivity index (χ2v) is 7.89. The van der Waals surface area contributed by atoms with Crippen molar-refractivity contribution in [2.75, 3.05) is 19.6 Å². The van der Waals surface area contributed by atoms with Crippen LogP contribution in [-0.4, -0.2) is 40.5 Å². The molecule has 6 heteroatoms. The maximum absolute atomic E-state index is 12.7. The number of piperidine rings is 1. The Balaban J connectivity index is 1.67. The fourth-order valence-corrected chi connectivity index (χ4v) is 3.50. The Kier molecular flexibility index (Phi) is 5.41. The quantitative estimate of drug-likeness (QED) is 0.864. The van der Waals surface area contributed by atoms with Crippen LogP contribution in [0.15, 0.2) is 24.3 Å². The molecule has 1 aromatic heterocycles. The molecular formula is C20H29N5O. The van der Waals surface area contributed by atoms with Gasteiger partial charge in [-0.1, -0.05) is 48.9 Å². The normalized spacial score (nSPS) is 15.8. The zero-order valence-electron chi connectivity index (χ0n) is 16.2. The second-order valence-electron chi connectivity index (χ2n) is 7.89. The van der Waals surface area contributed by atoms with Crippen molar-refractivity contribution < 1.29 is 4.79 Å². The summed E-state index contributed by atoms with van der Waals surface area (Å²) in [5, 5.41) is 14.8. The molecule has 3 rings (SSSR count). The van der Waals surface area contributed by atoms with Gasteiger partial charge in [-0.15, -0.1) is 5.10 Å².